The van der Waals surface area contributed by atoms with Crippen molar-refractivity contribution in [2.75, 3.05) is 5.32 Å². The van der Waals surface area contributed by atoms with E-state index in [-0.39, 0.29) is 5.91 Å². The molecule has 0 bridgehead atoms. The number of carbonyl (C=O) groups is 2. The molecule has 0 saturated heterocycles. The monoisotopic (exact) mass is 373 g/mol. The average molecular weight is 373 g/mol. The van der Waals surface area contributed by atoms with Crippen LogP contribution in [0.25, 0.3) is 0 Å². The minimum atomic E-state index is -0.396. The first-order chi connectivity index (χ1) is 13.3. The number of amides is 1. The van der Waals surface area contributed by atoms with Gasteiger partial charge in [0.2, 0.25) is 0 Å². The summed E-state index contributed by atoms with van der Waals surface area (Å²) >= 11 is 0. The van der Waals surface area contributed by atoms with Gasteiger partial charge >= 0.3 is 5.97 Å². The Morgan fingerprint density at radius 1 is 0.750 bits per heavy atom. The number of nitrogens with one attached hydrogen (secondary N) is 1. The van der Waals surface area contributed by atoms with E-state index >= 15 is 0 Å². The molecule has 0 aliphatic rings. The number of anilines is 1. The Hall–Kier alpha value is -3.40. The minimum absolute atomic E-state index is 0.216. The molecule has 1 amide bonds. The van der Waals surface area contributed by atoms with Crippen molar-refractivity contribution < 1.29 is 14.3 Å². The fraction of sp³-hybridized carbons (Fsp3) is 0.167. The van der Waals surface area contributed by atoms with Crippen LogP contribution in [0.5, 0.6) is 5.75 Å². The Morgan fingerprint density at radius 3 is 1.89 bits per heavy atom. The van der Waals surface area contributed by atoms with Crippen LogP contribution in [0, 0.1) is 27.7 Å². The average Bonchev–Trinajstić information content (AvgIpc) is 2.63. The van der Waals surface area contributed by atoms with E-state index in [1.807, 2.05) is 64.1 Å². The molecule has 0 radical (unpaired) electrons. The lowest BCUT2D eigenvalue weighted by Crippen LogP contribution is -2.13. The lowest BCUT2D eigenvalue weighted by atomic mass is 10.00. The van der Waals surface area contributed by atoms with E-state index < -0.39 is 5.97 Å². The first kappa shape index (κ1) is 19.4. The van der Waals surface area contributed by atoms with Crippen LogP contribution >= 0.6 is 0 Å². The first-order valence-corrected chi connectivity index (χ1v) is 9.11. The SMILES string of the molecule is Cc1ccc(NC(=O)c2ccc(OC(=O)c3c(C)cc(C)cc3C)cc2)cc1. The molecule has 4 nitrogen and oxygen atoms in total. The van der Waals surface area contributed by atoms with Gasteiger partial charge in [-0.15, -0.1) is 0 Å². The third-order valence-corrected chi connectivity index (χ3v) is 4.52. The number of ether oxygens (including phenoxy) is 1. The molecule has 0 fully saturated rings. The van der Waals surface area contributed by atoms with Gasteiger partial charge in [-0.05, 0) is 75.2 Å². The molecule has 0 aromatic heterocycles. The summed E-state index contributed by atoms with van der Waals surface area (Å²) in [4.78, 5) is 24.9. The lowest BCUT2D eigenvalue weighted by Gasteiger charge is -2.11. The van der Waals surface area contributed by atoms with Gasteiger partial charge in [-0.2, -0.15) is 0 Å². The molecule has 0 aliphatic heterocycles. The third kappa shape index (κ3) is 4.46. The molecule has 0 spiro atoms. The predicted molar refractivity (Wildman–Crippen MR) is 111 cm³/mol. The molecular formula is C24H23NO3. The fourth-order valence-corrected chi connectivity index (χ4v) is 3.17. The van der Waals surface area contributed by atoms with E-state index in [0.29, 0.717) is 16.9 Å². The zero-order valence-electron chi connectivity index (χ0n) is 16.5. The minimum Gasteiger partial charge on any atom is -0.423 e. The summed E-state index contributed by atoms with van der Waals surface area (Å²) in [6.45, 7) is 7.78. The van der Waals surface area contributed by atoms with Gasteiger partial charge in [0.25, 0.3) is 5.91 Å². The van der Waals surface area contributed by atoms with Gasteiger partial charge in [0.05, 0.1) is 5.56 Å². The molecular weight excluding hydrogens is 350 g/mol. The second-order valence-electron chi connectivity index (χ2n) is 7.01. The van der Waals surface area contributed by atoms with E-state index in [1.165, 1.54) is 0 Å². The summed E-state index contributed by atoms with van der Waals surface area (Å²) in [6.07, 6.45) is 0. The summed E-state index contributed by atoms with van der Waals surface area (Å²) in [6, 6.07) is 18.0. The summed E-state index contributed by atoms with van der Waals surface area (Å²) in [5, 5.41) is 2.85. The van der Waals surface area contributed by atoms with Gasteiger partial charge in [0.15, 0.2) is 0 Å². The Morgan fingerprint density at radius 2 is 1.32 bits per heavy atom. The predicted octanol–water partition coefficient (Wildman–Crippen LogP) is 5.39. The highest BCUT2D eigenvalue weighted by molar-refractivity contribution is 6.04. The Kier molecular flexibility index (Phi) is 5.59. The summed E-state index contributed by atoms with van der Waals surface area (Å²) in [5.41, 5.74) is 5.80. The van der Waals surface area contributed by atoms with Crippen LogP contribution in [0.1, 0.15) is 43.0 Å². The number of esters is 1. The number of hydrogen-bond donors (Lipinski definition) is 1. The molecule has 3 rings (SSSR count). The molecule has 0 saturated carbocycles. The number of aryl methyl sites for hydroxylation is 4. The number of hydrogen-bond acceptors (Lipinski definition) is 3. The lowest BCUT2D eigenvalue weighted by molar-refractivity contribution is 0.0733. The van der Waals surface area contributed by atoms with E-state index in [9.17, 15) is 9.59 Å². The van der Waals surface area contributed by atoms with Crippen molar-refractivity contribution in [3.8, 4) is 5.75 Å². The first-order valence-electron chi connectivity index (χ1n) is 9.11. The van der Waals surface area contributed by atoms with Crippen LogP contribution in [0.2, 0.25) is 0 Å². The van der Waals surface area contributed by atoms with Gasteiger partial charge in [-0.3, -0.25) is 4.79 Å². The maximum absolute atomic E-state index is 12.6. The maximum atomic E-state index is 12.6. The zero-order valence-corrected chi connectivity index (χ0v) is 16.5. The Balaban J connectivity index is 1.70. The molecule has 3 aromatic carbocycles. The molecule has 28 heavy (non-hydrogen) atoms. The molecule has 1 N–H and O–H groups in total. The highest BCUT2D eigenvalue weighted by atomic mass is 16.5. The zero-order chi connectivity index (χ0) is 20.3. The van der Waals surface area contributed by atoms with Crippen molar-refractivity contribution >= 4 is 17.6 Å². The van der Waals surface area contributed by atoms with Crippen LogP contribution in [0.3, 0.4) is 0 Å². The van der Waals surface area contributed by atoms with Crippen LogP contribution in [-0.4, -0.2) is 11.9 Å². The van der Waals surface area contributed by atoms with Crippen LogP contribution in [0.4, 0.5) is 5.69 Å². The molecule has 142 valence electrons. The topological polar surface area (TPSA) is 55.4 Å². The van der Waals surface area contributed by atoms with E-state index in [4.69, 9.17) is 4.74 Å². The molecule has 0 heterocycles. The smallest absolute Gasteiger partial charge is 0.344 e. The number of rotatable bonds is 4. The van der Waals surface area contributed by atoms with E-state index in [1.54, 1.807) is 24.3 Å². The van der Waals surface area contributed by atoms with Crippen molar-refractivity contribution in [2.24, 2.45) is 0 Å². The Labute approximate surface area is 165 Å². The van der Waals surface area contributed by atoms with Crippen LogP contribution in [0.15, 0.2) is 60.7 Å². The van der Waals surface area contributed by atoms with Crippen LogP contribution in [-0.2, 0) is 0 Å². The standard InChI is InChI=1S/C24H23NO3/c1-15-5-9-20(10-6-15)25-23(26)19-7-11-21(12-8-19)28-24(27)22-17(3)13-16(2)14-18(22)4/h5-14H,1-4H3,(H,25,26). The third-order valence-electron chi connectivity index (χ3n) is 4.52. The summed E-state index contributed by atoms with van der Waals surface area (Å²) in [7, 11) is 0. The second kappa shape index (κ2) is 8.09. The van der Waals surface area contributed by atoms with Gasteiger partial charge < -0.3 is 10.1 Å². The number of benzene rings is 3. The van der Waals surface area contributed by atoms with Gasteiger partial charge in [-0.1, -0.05) is 35.4 Å². The van der Waals surface area contributed by atoms with Gasteiger partial charge in [-0.25, -0.2) is 4.79 Å². The second-order valence-corrected chi connectivity index (χ2v) is 7.01. The highest BCUT2D eigenvalue weighted by Crippen LogP contribution is 2.20. The van der Waals surface area contributed by atoms with Gasteiger partial charge in [0.1, 0.15) is 5.75 Å². The fourth-order valence-electron chi connectivity index (χ4n) is 3.17. The highest BCUT2D eigenvalue weighted by Gasteiger charge is 2.15. The van der Waals surface area contributed by atoms with Crippen molar-refractivity contribution in [1.82, 2.24) is 0 Å². The summed E-state index contributed by atoms with van der Waals surface area (Å²) in [5.74, 6) is -0.213. The quantitative estimate of drug-likeness (QED) is 0.493. The summed E-state index contributed by atoms with van der Waals surface area (Å²) < 4.78 is 5.50. The molecule has 3 aromatic rings. The molecule has 0 atom stereocenters. The van der Waals surface area contributed by atoms with Gasteiger partial charge in [0, 0.05) is 11.3 Å². The van der Waals surface area contributed by atoms with E-state index in [0.717, 1.165) is 27.9 Å². The molecule has 0 aliphatic carbocycles. The van der Waals surface area contributed by atoms with Crippen molar-refractivity contribution in [1.29, 1.82) is 0 Å². The molecule has 4 heteroatoms. The Bertz CT molecular complexity index is 996. The largest absolute Gasteiger partial charge is 0.423 e. The molecule has 0 unspecified atom stereocenters. The number of carbonyl (C=O) groups excluding carboxylic acids is 2. The van der Waals surface area contributed by atoms with Crippen molar-refractivity contribution in [3.63, 3.8) is 0 Å². The van der Waals surface area contributed by atoms with Crippen LogP contribution < -0.4 is 10.1 Å². The van der Waals surface area contributed by atoms with E-state index in [2.05, 4.69) is 5.32 Å². The van der Waals surface area contributed by atoms with Crippen molar-refractivity contribution in [2.45, 2.75) is 27.7 Å². The van der Waals surface area contributed by atoms with Crippen molar-refractivity contribution in [3.05, 3.63) is 94.0 Å². The normalized spacial score (nSPS) is 10.4. The maximum Gasteiger partial charge on any atom is 0.344 e.